The van der Waals surface area contributed by atoms with E-state index in [9.17, 15) is 9.59 Å². The van der Waals surface area contributed by atoms with E-state index in [4.69, 9.17) is 10.8 Å². The summed E-state index contributed by atoms with van der Waals surface area (Å²) in [6.45, 7) is 7.30. The summed E-state index contributed by atoms with van der Waals surface area (Å²) in [5.74, 6) is -1.66. The van der Waals surface area contributed by atoms with Crippen molar-refractivity contribution in [2.75, 3.05) is 6.54 Å². The van der Waals surface area contributed by atoms with E-state index in [1.54, 1.807) is 13.8 Å². The van der Waals surface area contributed by atoms with Gasteiger partial charge in [-0.25, -0.2) is 0 Å². The Morgan fingerprint density at radius 2 is 1.88 bits per heavy atom. The predicted molar refractivity (Wildman–Crippen MR) is 61.9 cm³/mol. The van der Waals surface area contributed by atoms with Crippen LogP contribution in [0.4, 0.5) is 0 Å². The molecule has 0 aliphatic rings. The van der Waals surface area contributed by atoms with Gasteiger partial charge in [0.1, 0.15) is 0 Å². The number of hydrogen-bond acceptors (Lipinski definition) is 3. The van der Waals surface area contributed by atoms with Crippen LogP contribution in [0, 0.1) is 11.8 Å². The molecule has 5 nitrogen and oxygen atoms in total. The molecule has 0 radical (unpaired) electrons. The van der Waals surface area contributed by atoms with Crippen LogP contribution in [0.3, 0.4) is 0 Å². The number of carbonyl (C=O) groups is 2. The number of nitrogens with two attached hydrogens (primary N) is 1. The average Bonchev–Trinajstić information content (AvgIpc) is 1.98. The molecule has 0 spiro atoms. The van der Waals surface area contributed by atoms with Gasteiger partial charge >= 0.3 is 5.97 Å². The molecule has 0 saturated heterocycles. The summed E-state index contributed by atoms with van der Waals surface area (Å²) in [4.78, 5) is 22.3. The largest absolute Gasteiger partial charge is 0.481 e. The summed E-state index contributed by atoms with van der Waals surface area (Å²) in [6, 6.07) is 0. The van der Waals surface area contributed by atoms with Crippen molar-refractivity contribution in [2.24, 2.45) is 17.6 Å². The summed E-state index contributed by atoms with van der Waals surface area (Å²) >= 11 is 0. The maximum absolute atomic E-state index is 11.4. The highest BCUT2D eigenvalue weighted by molar-refractivity contribution is 5.78. The first-order chi connectivity index (χ1) is 7.13. The van der Waals surface area contributed by atoms with Crippen LogP contribution in [0.1, 0.15) is 34.1 Å². The number of carbonyl (C=O) groups excluding carboxylic acids is 1. The van der Waals surface area contributed by atoms with Gasteiger partial charge in [-0.15, -0.1) is 0 Å². The summed E-state index contributed by atoms with van der Waals surface area (Å²) in [5, 5.41) is 11.5. The lowest BCUT2D eigenvalue weighted by atomic mass is 9.95. The fourth-order valence-electron chi connectivity index (χ4n) is 1.31. The van der Waals surface area contributed by atoms with Crippen LogP contribution in [0.15, 0.2) is 0 Å². The van der Waals surface area contributed by atoms with Gasteiger partial charge in [-0.1, -0.05) is 13.8 Å². The molecule has 0 fully saturated rings. The van der Waals surface area contributed by atoms with E-state index >= 15 is 0 Å². The molecule has 0 saturated carbocycles. The second kappa shape index (κ2) is 5.84. The van der Waals surface area contributed by atoms with Crippen molar-refractivity contribution in [2.45, 2.75) is 39.7 Å². The van der Waals surface area contributed by atoms with Gasteiger partial charge in [-0.2, -0.15) is 0 Å². The zero-order valence-electron chi connectivity index (χ0n) is 10.4. The molecule has 0 rings (SSSR count). The number of aliphatic carboxylic acids is 1. The van der Waals surface area contributed by atoms with Crippen molar-refractivity contribution >= 4 is 11.9 Å². The molecule has 0 aliphatic heterocycles. The molecule has 0 aliphatic carbocycles. The third-order valence-electron chi connectivity index (χ3n) is 2.26. The van der Waals surface area contributed by atoms with E-state index in [2.05, 4.69) is 5.32 Å². The summed E-state index contributed by atoms with van der Waals surface area (Å²) in [6.07, 6.45) is 0.192. The van der Waals surface area contributed by atoms with Crippen molar-refractivity contribution in [3.8, 4) is 0 Å². The SMILES string of the molecule is CC(C)C(CNC(=O)CC(C)(C)N)C(=O)O. The molecule has 1 unspecified atom stereocenters. The van der Waals surface area contributed by atoms with Crippen LogP contribution in [0.25, 0.3) is 0 Å². The highest BCUT2D eigenvalue weighted by Crippen LogP contribution is 2.10. The monoisotopic (exact) mass is 230 g/mol. The molecule has 0 aromatic heterocycles. The number of nitrogens with one attached hydrogen (secondary N) is 1. The Balaban J connectivity index is 4.12. The average molecular weight is 230 g/mol. The molecule has 5 heteroatoms. The van der Waals surface area contributed by atoms with Crippen molar-refractivity contribution in [1.29, 1.82) is 0 Å². The predicted octanol–water partition coefficient (Wildman–Crippen LogP) is 0.587. The maximum atomic E-state index is 11.4. The lowest BCUT2D eigenvalue weighted by Crippen LogP contribution is -2.42. The third kappa shape index (κ3) is 6.40. The Hall–Kier alpha value is -1.10. The number of rotatable bonds is 6. The van der Waals surface area contributed by atoms with Crippen LogP contribution in [0.2, 0.25) is 0 Å². The first-order valence-corrected chi connectivity index (χ1v) is 5.42. The second-order valence-corrected chi connectivity index (χ2v) is 5.16. The standard InChI is InChI=1S/C11H22N2O3/c1-7(2)8(10(15)16)6-13-9(14)5-11(3,4)12/h7-8H,5-6,12H2,1-4H3,(H,13,14)(H,15,16). The Labute approximate surface area is 96.4 Å². The maximum Gasteiger partial charge on any atom is 0.308 e. The fraction of sp³-hybridized carbons (Fsp3) is 0.818. The van der Waals surface area contributed by atoms with Crippen molar-refractivity contribution in [1.82, 2.24) is 5.32 Å². The zero-order chi connectivity index (χ0) is 12.9. The Morgan fingerprint density at radius 3 is 2.19 bits per heavy atom. The molecule has 0 aromatic rings. The highest BCUT2D eigenvalue weighted by atomic mass is 16.4. The van der Waals surface area contributed by atoms with E-state index < -0.39 is 17.4 Å². The van der Waals surface area contributed by atoms with Crippen LogP contribution >= 0.6 is 0 Å². The van der Waals surface area contributed by atoms with E-state index in [0.717, 1.165) is 0 Å². The van der Waals surface area contributed by atoms with Crippen LogP contribution in [-0.2, 0) is 9.59 Å². The lowest BCUT2D eigenvalue weighted by molar-refractivity contribution is -0.143. The number of carboxylic acid groups (broad SMARTS) is 1. The minimum atomic E-state index is -0.887. The van der Waals surface area contributed by atoms with Crippen LogP contribution in [-0.4, -0.2) is 29.1 Å². The smallest absolute Gasteiger partial charge is 0.308 e. The molecule has 0 heterocycles. The van der Waals surface area contributed by atoms with Gasteiger partial charge < -0.3 is 16.2 Å². The third-order valence-corrected chi connectivity index (χ3v) is 2.26. The van der Waals surface area contributed by atoms with Crippen LogP contribution in [0.5, 0.6) is 0 Å². The van der Waals surface area contributed by atoms with E-state index in [0.29, 0.717) is 0 Å². The van der Waals surface area contributed by atoms with Crippen molar-refractivity contribution in [3.05, 3.63) is 0 Å². The second-order valence-electron chi connectivity index (χ2n) is 5.16. The fourth-order valence-corrected chi connectivity index (χ4v) is 1.31. The number of hydrogen-bond donors (Lipinski definition) is 3. The highest BCUT2D eigenvalue weighted by Gasteiger charge is 2.23. The Bertz CT molecular complexity index is 256. The molecule has 0 bridgehead atoms. The van der Waals surface area contributed by atoms with Crippen molar-refractivity contribution in [3.63, 3.8) is 0 Å². The molecule has 4 N–H and O–H groups in total. The molecule has 0 aromatic carbocycles. The van der Waals surface area contributed by atoms with E-state index in [-0.39, 0.29) is 24.8 Å². The van der Waals surface area contributed by atoms with E-state index in [1.807, 2.05) is 13.8 Å². The summed E-state index contributed by atoms with van der Waals surface area (Å²) in [5.41, 5.74) is 5.12. The minimum Gasteiger partial charge on any atom is -0.481 e. The molecular formula is C11H22N2O3. The van der Waals surface area contributed by atoms with Gasteiger partial charge in [-0.3, -0.25) is 9.59 Å². The first-order valence-electron chi connectivity index (χ1n) is 5.42. The number of amides is 1. The van der Waals surface area contributed by atoms with Gasteiger partial charge in [0.25, 0.3) is 0 Å². The lowest BCUT2D eigenvalue weighted by Gasteiger charge is -2.20. The summed E-state index contributed by atoms with van der Waals surface area (Å²) in [7, 11) is 0. The number of carboxylic acids is 1. The summed E-state index contributed by atoms with van der Waals surface area (Å²) < 4.78 is 0. The molecular weight excluding hydrogens is 208 g/mol. The normalized spacial score (nSPS) is 13.6. The first kappa shape index (κ1) is 14.9. The van der Waals surface area contributed by atoms with Gasteiger partial charge in [0, 0.05) is 18.5 Å². The van der Waals surface area contributed by atoms with Crippen molar-refractivity contribution < 1.29 is 14.7 Å². The quantitative estimate of drug-likeness (QED) is 0.622. The van der Waals surface area contributed by atoms with E-state index in [1.165, 1.54) is 0 Å². The van der Waals surface area contributed by atoms with Gasteiger partial charge in [0.15, 0.2) is 0 Å². The molecule has 1 atom stereocenters. The zero-order valence-corrected chi connectivity index (χ0v) is 10.4. The molecule has 16 heavy (non-hydrogen) atoms. The Morgan fingerprint density at radius 1 is 1.38 bits per heavy atom. The minimum absolute atomic E-state index is 0.0105. The molecule has 1 amide bonds. The van der Waals surface area contributed by atoms with Crippen LogP contribution < -0.4 is 11.1 Å². The van der Waals surface area contributed by atoms with Gasteiger partial charge in [-0.05, 0) is 19.8 Å². The van der Waals surface area contributed by atoms with Gasteiger partial charge in [0.2, 0.25) is 5.91 Å². The molecule has 94 valence electrons. The van der Waals surface area contributed by atoms with Gasteiger partial charge in [0.05, 0.1) is 5.92 Å². The Kier molecular flexibility index (Phi) is 5.44. The topological polar surface area (TPSA) is 92.4 Å².